The highest BCUT2D eigenvalue weighted by Gasteiger charge is 2.30. The fourth-order valence-electron chi connectivity index (χ4n) is 3.19. The van der Waals surface area contributed by atoms with Crippen molar-refractivity contribution in [3.8, 4) is 22.9 Å². The Labute approximate surface area is 250 Å². The summed E-state index contributed by atoms with van der Waals surface area (Å²) in [6.45, 7) is 0. The predicted octanol–water partition coefficient (Wildman–Crippen LogP) is 6.30. The number of aromatic nitrogens is 5. The molecule has 0 aliphatic rings. The van der Waals surface area contributed by atoms with Crippen molar-refractivity contribution in [3.05, 3.63) is 120 Å². The number of aromatic amines is 1. The second-order valence-corrected chi connectivity index (χ2v) is 8.72. The molecule has 0 spiro atoms. The molecule has 2 aromatic carbocycles. The maximum Gasteiger partial charge on any atom is 0.416 e. The smallest absolute Gasteiger partial charge is 0.380 e. The van der Waals surface area contributed by atoms with Crippen LogP contribution in [0, 0.1) is 0 Å². The molecule has 16 heteroatoms. The molecule has 3 aromatic heterocycles. The number of hydrazone groups is 1. The molecular formula is C28H21ClF6N8O. The first-order valence-electron chi connectivity index (χ1n) is 12.1. The number of carbonyl (C=O) groups is 1. The zero-order valence-electron chi connectivity index (χ0n) is 22.2. The van der Waals surface area contributed by atoms with Crippen LogP contribution in [0.2, 0.25) is 0 Å². The molecule has 5 rings (SSSR count). The highest BCUT2D eigenvalue weighted by atomic mass is 35.5. The molecule has 0 aliphatic heterocycles. The zero-order chi connectivity index (χ0) is 32.3. The van der Waals surface area contributed by atoms with Gasteiger partial charge in [0.2, 0.25) is 0 Å². The van der Waals surface area contributed by atoms with E-state index in [4.69, 9.17) is 23.2 Å². The van der Waals surface area contributed by atoms with Crippen LogP contribution in [0.15, 0.2) is 102 Å². The lowest BCUT2D eigenvalue weighted by Gasteiger charge is -2.05. The van der Waals surface area contributed by atoms with Crippen LogP contribution in [0.4, 0.5) is 26.3 Å². The number of amidine groups is 1. The second kappa shape index (κ2) is 14.7. The second-order valence-electron chi connectivity index (χ2n) is 8.38. The minimum atomic E-state index is -4.38. The highest BCUT2D eigenvalue weighted by Crippen LogP contribution is 2.31. The van der Waals surface area contributed by atoms with Gasteiger partial charge in [-0.3, -0.25) is 19.9 Å². The van der Waals surface area contributed by atoms with Gasteiger partial charge in [0.15, 0.2) is 17.5 Å². The largest absolute Gasteiger partial charge is 0.416 e. The first-order valence-corrected chi connectivity index (χ1v) is 12.5. The van der Waals surface area contributed by atoms with E-state index >= 15 is 0 Å². The molecule has 3 heterocycles. The van der Waals surface area contributed by atoms with E-state index in [9.17, 15) is 31.1 Å². The van der Waals surface area contributed by atoms with Gasteiger partial charge in [0.1, 0.15) is 11.4 Å². The summed E-state index contributed by atoms with van der Waals surface area (Å²) in [5.41, 5.74) is 5.63. The van der Waals surface area contributed by atoms with Gasteiger partial charge >= 0.3 is 12.4 Å². The fourth-order valence-corrected chi connectivity index (χ4v) is 3.31. The van der Waals surface area contributed by atoms with Gasteiger partial charge in [0.05, 0.1) is 11.1 Å². The van der Waals surface area contributed by atoms with E-state index in [-0.39, 0.29) is 11.4 Å². The van der Waals surface area contributed by atoms with Crippen LogP contribution in [0.3, 0.4) is 0 Å². The van der Waals surface area contributed by atoms with Gasteiger partial charge in [-0.15, -0.1) is 0 Å². The lowest BCUT2D eigenvalue weighted by atomic mass is 10.1. The van der Waals surface area contributed by atoms with Gasteiger partial charge in [-0.2, -0.15) is 36.5 Å². The zero-order valence-corrected chi connectivity index (χ0v) is 22.9. The number of carbonyl (C=O) groups excluding carboxylic acids is 1. The summed E-state index contributed by atoms with van der Waals surface area (Å²) in [6, 6.07) is 19.1. The van der Waals surface area contributed by atoms with Crippen molar-refractivity contribution in [2.24, 2.45) is 16.7 Å². The number of benzene rings is 2. The Balaban J connectivity index is 0.000000197. The van der Waals surface area contributed by atoms with Crippen LogP contribution in [-0.2, 0) is 12.4 Å². The SMILES string of the molecule is FC(F)(F)c1ccc(-c2n[nH]c(-c3ccccn3)n2)cc1.NN=C(N)c1ccccn1.O=C(Cl)c1ccc(C(F)(F)F)cc1. The number of H-pyrrole nitrogens is 1. The van der Waals surface area contributed by atoms with Crippen molar-refractivity contribution < 1.29 is 31.1 Å². The van der Waals surface area contributed by atoms with Crippen LogP contribution in [-0.4, -0.2) is 36.2 Å². The van der Waals surface area contributed by atoms with Crippen molar-refractivity contribution in [1.82, 2.24) is 25.1 Å². The lowest BCUT2D eigenvalue weighted by Crippen LogP contribution is -2.16. The molecule has 228 valence electrons. The topological polar surface area (TPSA) is 149 Å². The quantitative estimate of drug-likeness (QED) is 0.0525. The molecule has 5 N–H and O–H groups in total. The number of nitrogens with two attached hydrogens (primary N) is 2. The third-order valence-corrected chi connectivity index (χ3v) is 5.59. The molecule has 0 unspecified atom stereocenters. The Hall–Kier alpha value is -5.31. The molecule has 0 amide bonds. The van der Waals surface area contributed by atoms with Gasteiger partial charge in [0.25, 0.3) is 5.24 Å². The van der Waals surface area contributed by atoms with E-state index in [0.29, 0.717) is 28.6 Å². The normalized spacial score (nSPS) is 11.5. The van der Waals surface area contributed by atoms with E-state index in [1.165, 1.54) is 12.1 Å². The molecular weight excluding hydrogens is 614 g/mol. The standard InChI is InChI=1S/C14H9F3N4.C8H4ClF3O.C6H8N4/c15-14(16,17)10-6-4-9(5-7-10)12-19-13(21-20-12)11-3-1-2-8-18-11;9-7(13)5-1-3-6(4-2-5)8(10,11)12;7-6(10-8)5-3-1-2-4-9-5/h1-8H,(H,19,20,21);1-4H;1-4H,8H2,(H2,7,10). The monoisotopic (exact) mass is 634 g/mol. The van der Waals surface area contributed by atoms with Crippen molar-refractivity contribution >= 4 is 22.7 Å². The molecule has 9 nitrogen and oxygen atoms in total. The Morgan fingerprint density at radius 2 is 1.32 bits per heavy atom. The Morgan fingerprint density at radius 1 is 0.773 bits per heavy atom. The number of hydrogen-bond donors (Lipinski definition) is 3. The van der Waals surface area contributed by atoms with Crippen molar-refractivity contribution in [3.63, 3.8) is 0 Å². The van der Waals surface area contributed by atoms with Crippen molar-refractivity contribution in [1.29, 1.82) is 0 Å². The van der Waals surface area contributed by atoms with Crippen LogP contribution in [0.25, 0.3) is 22.9 Å². The molecule has 0 saturated heterocycles. The Kier molecular flexibility index (Phi) is 11.1. The minimum Gasteiger partial charge on any atom is -0.380 e. The highest BCUT2D eigenvalue weighted by molar-refractivity contribution is 6.67. The summed E-state index contributed by atoms with van der Waals surface area (Å²) in [5.74, 6) is 5.96. The number of rotatable bonds is 4. The molecule has 0 bridgehead atoms. The number of halogens is 7. The van der Waals surface area contributed by atoms with Gasteiger partial charge in [0, 0.05) is 23.5 Å². The third kappa shape index (κ3) is 9.62. The molecule has 0 fully saturated rings. The maximum absolute atomic E-state index is 12.5. The number of nitrogens with zero attached hydrogens (tertiary/aromatic N) is 5. The molecule has 44 heavy (non-hydrogen) atoms. The van der Waals surface area contributed by atoms with Crippen molar-refractivity contribution in [2.45, 2.75) is 12.4 Å². The molecule has 0 radical (unpaired) electrons. The maximum atomic E-state index is 12.5. The molecule has 0 aliphatic carbocycles. The van der Waals surface area contributed by atoms with E-state index < -0.39 is 28.7 Å². The summed E-state index contributed by atoms with van der Waals surface area (Å²) in [5, 5.41) is 9.24. The van der Waals surface area contributed by atoms with E-state index in [2.05, 4.69) is 30.3 Å². The van der Waals surface area contributed by atoms with E-state index in [1.807, 2.05) is 12.1 Å². The average molecular weight is 635 g/mol. The van der Waals surface area contributed by atoms with Crippen LogP contribution in [0.5, 0.6) is 0 Å². The molecule has 0 saturated carbocycles. The number of alkyl halides is 6. The van der Waals surface area contributed by atoms with Gasteiger partial charge in [-0.25, -0.2) is 4.98 Å². The third-order valence-electron chi connectivity index (χ3n) is 5.37. The first-order chi connectivity index (χ1) is 20.8. The summed E-state index contributed by atoms with van der Waals surface area (Å²) in [7, 11) is 0. The van der Waals surface area contributed by atoms with Gasteiger partial charge < -0.3 is 11.6 Å². The Morgan fingerprint density at radius 3 is 1.77 bits per heavy atom. The predicted molar refractivity (Wildman–Crippen MR) is 151 cm³/mol. The summed E-state index contributed by atoms with van der Waals surface area (Å²) in [6.07, 6.45) is -5.48. The van der Waals surface area contributed by atoms with E-state index in [0.717, 1.165) is 36.4 Å². The molecule has 5 aromatic rings. The van der Waals surface area contributed by atoms with E-state index in [1.54, 1.807) is 36.7 Å². The average Bonchev–Trinajstić information content (AvgIpc) is 3.52. The molecule has 0 atom stereocenters. The summed E-state index contributed by atoms with van der Waals surface area (Å²) >= 11 is 5.05. The summed E-state index contributed by atoms with van der Waals surface area (Å²) < 4.78 is 73.5. The number of pyridine rings is 2. The van der Waals surface area contributed by atoms with Crippen LogP contribution < -0.4 is 11.6 Å². The summed E-state index contributed by atoms with van der Waals surface area (Å²) in [4.78, 5) is 22.8. The Bertz CT molecular complexity index is 1660. The van der Waals surface area contributed by atoms with Crippen LogP contribution in [0.1, 0.15) is 27.2 Å². The van der Waals surface area contributed by atoms with Gasteiger partial charge in [-0.1, -0.05) is 24.3 Å². The minimum absolute atomic E-state index is 0.0506. The number of nitrogens with one attached hydrogen (secondary N) is 1. The number of hydrogen-bond acceptors (Lipinski definition) is 7. The fraction of sp³-hybridized carbons (Fsp3) is 0.0714. The first kappa shape index (κ1) is 33.2. The van der Waals surface area contributed by atoms with Crippen molar-refractivity contribution in [2.75, 3.05) is 0 Å². The van der Waals surface area contributed by atoms with Gasteiger partial charge in [-0.05, 0) is 72.3 Å². The lowest BCUT2D eigenvalue weighted by molar-refractivity contribution is -0.138. The van der Waals surface area contributed by atoms with Crippen LogP contribution >= 0.6 is 11.6 Å².